The second kappa shape index (κ2) is 14.6. The average Bonchev–Trinajstić information content (AvgIpc) is 3.32. The topological polar surface area (TPSA) is 139 Å². The van der Waals surface area contributed by atoms with E-state index in [1.807, 2.05) is 23.1 Å². The van der Waals surface area contributed by atoms with E-state index >= 15 is 0 Å². The number of morpholine rings is 1. The number of fused-ring (bicyclic) bond motifs is 1. The van der Waals surface area contributed by atoms with Crippen LogP contribution in [0.4, 0.5) is 26.3 Å². The molecular formula is C24H25F6N3O7. The van der Waals surface area contributed by atoms with Crippen LogP contribution in [0.1, 0.15) is 28.9 Å². The lowest BCUT2D eigenvalue weighted by Gasteiger charge is -2.37. The van der Waals surface area contributed by atoms with E-state index in [9.17, 15) is 31.1 Å². The number of rotatable bonds is 5. The Kier molecular flexibility index (Phi) is 11.8. The molecule has 16 heteroatoms. The molecule has 1 amide bonds. The van der Waals surface area contributed by atoms with Crippen LogP contribution in [0.25, 0.3) is 0 Å². The highest BCUT2D eigenvalue weighted by Crippen LogP contribution is 2.35. The zero-order valence-corrected chi connectivity index (χ0v) is 20.6. The molecule has 2 aromatic heterocycles. The van der Waals surface area contributed by atoms with Gasteiger partial charge in [-0.15, -0.1) is 0 Å². The van der Waals surface area contributed by atoms with Crippen molar-refractivity contribution >= 4 is 17.8 Å². The third kappa shape index (κ3) is 10.4. The van der Waals surface area contributed by atoms with E-state index in [0.29, 0.717) is 37.8 Å². The highest BCUT2D eigenvalue weighted by Gasteiger charge is 2.43. The lowest BCUT2D eigenvalue weighted by molar-refractivity contribution is -0.193. The first-order valence-electron chi connectivity index (χ1n) is 11.6. The number of nitrogens with zero attached hydrogens (tertiary/aromatic N) is 3. The van der Waals surface area contributed by atoms with Crippen molar-refractivity contribution in [3.8, 4) is 0 Å². The van der Waals surface area contributed by atoms with Gasteiger partial charge in [-0.3, -0.25) is 14.8 Å². The molecule has 10 nitrogen and oxygen atoms in total. The van der Waals surface area contributed by atoms with Gasteiger partial charge >= 0.3 is 24.3 Å². The molecule has 0 spiro atoms. The summed E-state index contributed by atoms with van der Waals surface area (Å²) in [6.45, 7) is 2.43. The van der Waals surface area contributed by atoms with Crippen LogP contribution < -0.4 is 0 Å². The van der Waals surface area contributed by atoms with Crippen molar-refractivity contribution in [2.75, 3.05) is 19.8 Å². The minimum atomic E-state index is -5.08. The molecule has 220 valence electrons. The molecule has 3 heterocycles. The lowest BCUT2D eigenvalue weighted by atomic mass is 10.1. The molecule has 2 N–H and O–H groups in total. The summed E-state index contributed by atoms with van der Waals surface area (Å²) in [5.41, 5.74) is 1.63. The number of pyridine rings is 2. The highest BCUT2D eigenvalue weighted by atomic mass is 19.4. The maximum Gasteiger partial charge on any atom is 0.490 e. The Balaban J connectivity index is 0.000000333. The zero-order chi connectivity index (χ0) is 29.9. The first-order valence-corrected chi connectivity index (χ1v) is 11.6. The first kappa shape index (κ1) is 32.4. The SMILES string of the molecule is O=C(O)C(F)(F)F.O=C(O)C(F)(F)F.O=C(c1ccncc1)N1CCO[C@@H]2CC(COCc3ccccn3)C[C@H]21. The van der Waals surface area contributed by atoms with E-state index in [1.165, 1.54) is 0 Å². The predicted octanol–water partition coefficient (Wildman–Crippen LogP) is 3.58. The fraction of sp³-hybridized carbons (Fsp3) is 0.458. The minimum absolute atomic E-state index is 0.0701. The molecule has 2 aromatic rings. The predicted molar refractivity (Wildman–Crippen MR) is 123 cm³/mol. The molecule has 1 aliphatic carbocycles. The van der Waals surface area contributed by atoms with Gasteiger partial charge in [0, 0.05) is 30.7 Å². The molecule has 4 rings (SSSR count). The molecule has 0 bridgehead atoms. The van der Waals surface area contributed by atoms with Crippen molar-refractivity contribution in [3.05, 3.63) is 60.2 Å². The molecule has 1 saturated carbocycles. The van der Waals surface area contributed by atoms with Crippen molar-refractivity contribution in [1.82, 2.24) is 14.9 Å². The molecule has 0 radical (unpaired) electrons. The first-order chi connectivity index (χ1) is 18.7. The second-order valence-electron chi connectivity index (χ2n) is 8.49. The molecule has 40 heavy (non-hydrogen) atoms. The van der Waals surface area contributed by atoms with Gasteiger partial charge in [0.2, 0.25) is 0 Å². The summed E-state index contributed by atoms with van der Waals surface area (Å²) in [5.74, 6) is -5.04. The van der Waals surface area contributed by atoms with Gasteiger partial charge in [-0.2, -0.15) is 26.3 Å². The summed E-state index contributed by atoms with van der Waals surface area (Å²) in [4.78, 5) is 40.9. The molecule has 1 aliphatic heterocycles. The number of carboxylic acids is 2. The molecule has 0 aromatic carbocycles. The van der Waals surface area contributed by atoms with E-state index in [-0.39, 0.29) is 18.1 Å². The Morgan fingerprint density at radius 1 is 0.950 bits per heavy atom. The van der Waals surface area contributed by atoms with Gasteiger partial charge < -0.3 is 24.6 Å². The molecule has 3 atom stereocenters. The number of aliphatic carboxylic acids is 2. The number of carbonyl (C=O) groups excluding carboxylic acids is 1. The van der Waals surface area contributed by atoms with Crippen LogP contribution in [0.5, 0.6) is 0 Å². The van der Waals surface area contributed by atoms with Crippen molar-refractivity contribution < 1.29 is 60.4 Å². The van der Waals surface area contributed by atoms with Crippen molar-refractivity contribution in [2.24, 2.45) is 5.92 Å². The van der Waals surface area contributed by atoms with Crippen LogP contribution in [0, 0.1) is 5.92 Å². The van der Waals surface area contributed by atoms with Crippen LogP contribution in [-0.4, -0.2) is 87.2 Å². The van der Waals surface area contributed by atoms with Crippen LogP contribution in [0.15, 0.2) is 48.9 Å². The maximum absolute atomic E-state index is 12.9. The van der Waals surface area contributed by atoms with E-state index < -0.39 is 24.3 Å². The highest BCUT2D eigenvalue weighted by molar-refractivity contribution is 5.94. The van der Waals surface area contributed by atoms with E-state index in [2.05, 4.69) is 9.97 Å². The van der Waals surface area contributed by atoms with Gasteiger partial charge in [0.15, 0.2) is 0 Å². The Morgan fingerprint density at radius 3 is 2.08 bits per heavy atom. The second-order valence-corrected chi connectivity index (χ2v) is 8.49. The number of hydrogen-bond acceptors (Lipinski definition) is 7. The van der Waals surface area contributed by atoms with E-state index in [1.54, 1.807) is 30.7 Å². The number of amides is 1. The molecule has 2 aliphatic rings. The summed E-state index contributed by atoms with van der Waals surface area (Å²) in [7, 11) is 0. The number of carbonyl (C=O) groups is 3. The summed E-state index contributed by atoms with van der Waals surface area (Å²) in [5, 5.41) is 14.2. The van der Waals surface area contributed by atoms with Gasteiger partial charge in [-0.1, -0.05) is 6.07 Å². The van der Waals surface area contributed by atoms with Crippen LogP contribution in [0.3, 0.4) is 0 Å². The maximum atomic E-state index is 12.9. The minimum Gasteiger partial charge on any atom is -0.475 e. The van der Waals surface area contributed by atoms with E-state index in [4.69, 9.17) is 29.3 Å². The van der Waals surface area contributed by atoms with Gasteiger partial charge in [0.05, 0.1) is 37.7 Å². The molecule has 2 fully saturated rings. The summed E-state index contributed by atoms with van der Waals surface area (Å²) in [6.07, 6.45) is -3.10. The number of ether oxygens (including phenoxy) is 2. The fourth-order valence-electron chi connectivity index (χ4n) is 3.91. The van der Waals surface area contributed by atoms with Crippen molar-refractivity contribution in [1.29, 1.82) is 0 Å². The molecular weight excluding hydrogens is 556 g/mol. The number of hydrogen-bond donors (Lipinski definition) is 2. The summed E-state index contributed by atoms with van der Waals surface area (Å²) >= 11 is 0. The largest absolute Gasteiger partial charge is 0.490 e. The van der Waals surface area contributed by atoms with Gasteiger partial charge in [0.25, 0.3) is 5.91 Å². The summed E-state index contributed by atoms with van der Waals surface area (Å²) < 4.78 is 75.3. The Hall–Kier alpha value is -3.79. The van der Waals surface area contributed by atoms with Gasteiger partial charge in [-0.05, 0) is 43.0 Å². The Bertz CT molecular complexity index is 1080. The lowest BCUT2D eigenvalue weighted by Crippen LogP contribution is -2.51. The monoisotopic (exact) mass is 581 g/mol. The van der Waals surface area contributed by atoms with Gasteiger partial charge in [0.1, 0.15) is 0 Å². The quantitative estimate of drug-likeness (QED) is 0.508. The Morgan fingerprint density at radius 2 is 1.55 bits per heavy atom. The smallest absolute Gasteiger partial charge is 0.475 e. The number of alkyl halides is 6. The zero-order valence-electron chi connectivity index (χ0n) is 20.6. The van der Waals surface area contributed by atoms with Gasteiger partial charge in [-0.25, -0.2) is 9.59 Å². The third-order valence-electron chi connectivity index (χ3n) is 5.64. The standard InChI is InChI=1S/C20H23N3O3.2C2HF3O2/c24-20(16-4-7-21-8-5-16)23-9-10-26-19-12-15(11-18(19)23)13-25-14-17-3-1-2-6-22-17;2*3-2(4,5)1(6)7/h1-8,15,18-19H,9-14H2;2*(H,6,7)/t15?,18-,19-;;/m1../s1. The van der Waals surface area contributed by atoms with Crippen molar-refractivity contribution in [3.63, 3.8) is 0 Å². The van der Waals surface area contributed by atoms with E-state index in [0.717, 1.165) is 18.5 Å². The number of halogens is 6. The normalized spacial score (nSPS) is 20.2. The van der Waals surface area contributed by atoms with Crippen molar-refractivity contribution in [2.45, 2.75) is 43.9 Å². The molecule has 1 unspecified atom stereocenters. The summed E-state index contributed by atoms with van der Waals surface area (Å²) in [6, 6.07) is 9.51. The third-order valence-corrected chi connectivity index (χ3v) is 5.64. The average molecular weight is 581 g/mol. The van der Waals surface area contributed by atoms with Crippen LogP contribution in [0.2, 0.25) is 0 Å². The fourth-order valence-corrected chi connectivity index (χ4v) is 3.91. The Labute approximate surface area is 223 Å². The van der Waals surface area contributed by atoms with Crippen LogP contribution >= 0.6 is 0 Å². The molecule has 1 saturated heterocycles. The van der Waals surface area contributed by atoms with Crippen LogP contribution in [-0.2, 0) is 25.7 Å². The number of aromatic nitrogens is 2. The number of carboxylic acid groups (broad SMARTS) is 2.